The standard InChI is InChI=1S/C20H27N5O4S/c1-15-13-19(25-9-2-3-10-25)24-20(23-15)21-7-8-22-30(26,27)16-5-6-17-18(14-16)29-12-4-11-28-17/h5-6,13-14,22H,2-4,7-12H2,1H3,(H,21,23,24). The Morgan fingerprint density at radius 3 is 2.57 bits per heavy atom. The Morgan fingerprint density at radius 1 is 1.00 bits per heavy atom. The molecule has 1 aromatic carbocycles. The summed E-state index contributed by atoms with van der Waals surface area (Å²) >= 11 is 0. The summed E-state index contributed by atoms with van der Waals surface area (Å²) in [6.45, 7) is 5.57. The van der Waals surface area contributed by atoms with Crippen LogP contribution < -0.4 is 24.4 Å². The highest BCUT2D eigenvalue weighted by molar-refractivity contribution is 7.89. The molecule has 0 aliphatic carbocycles. The van der Waals surface area contributed by atoms with Gasteiger partial charge in [-0.15, -0.1) is 0 Å². The zero-order chi connectivity index (χ0) is 21.0. The average molecular weight is 434 g/mol. The minimum atomic E-state index is -3.66. The highest BCUT2D eigenvalue weighted by Gasteiger charge is 2.19. The van der Waals surface area contributed by atoms with E-state index in [9.17, 15) is 8.42 Å². The zero-order valence-corrected chi connectivity index (χ0v) is 17.9. The fourth-order valence-electron chi connectivity index (χ4n) is 3.49. The third-order valence-electron chi connectivity index (χ3n) is 5.00. The van der Waals surface area contributed by atoms with E-state index in [-0.39, 0.29) is 11.4 Å². The Hall–Kier alpha value is -2.59. The number of hydrogen-bond donors (Lipinski definition) is 2. The first kappa shape index (κ1) is 20.7. The Balaban J connectivity index is 1.34. The topological polar surface area (TPSA) is 106 Å². The van der Waals surface area contributed by atoms with Crippen LogP contribution in [0.5, 0.6) is 11.5 Å². The molecule has 3 heterocycles. The number of anilines is 2. The van der Waals surface area contributed by atoms with Crippen molar-refractivity contribution in [3.05, 3.63) is 30.0 Å². The van der Waals surface area contributed by atoms with Crippen LogP contribution in [-0.4, -0.2) is 57.8 Å². The maximum atomic E-state index is 12.6. The molecule has 4 rings (SSSR count). The summed E-state index contributed by atoms with van der Waals surface area (Å²) in [5.74, 6) is 2.44. The molecule has 30 heavy (non-hydrogen) atoms. The average Bonchev–Trinajstić information content (AvgIpc) is 3.16. The zero-order valence-electron chi connectivity index (χ0n) is 17.1. The predicted molar refractivity (Wildman–Crippen MR) is 114 cm³/mol. The molecule has 162 valence electrons. The highest BCUT2D eigenvalue weighted by Crippen LogP contribution is 2.31. The molecule has 0 atom stereocenters. The maximum Gasteiger partial charge on any atom is 0.240 e. The summed E-state index contributed by atoms with van der Waals surface area (Å²) in [4.78, 5) is 11.3. The maximum absolute atomic E-state index is 12.6. The van der Waals surface area contributed by atoms with Crippen molar-refractivity contribution in [2.24, 2.45) is 0 Å². The first-order valence-electron chi connectivity index (χ1n) is 10.3. The molecule has 9 nitrogen and oxygen atoms in total. The minimum absolute atomic E-state index is 0.148. The van der Waals surface area contributed by atoms with E-state index in [0.29, 0.717) is 37.2 Å². The number of fused-ring (bicyclic) bond motifs is 1. The Labute approximate surface area is 176 Å². The molecule has 1 aromatic heterocycles. The lowest BCUT2D eigenvalue weighted by atomic mass is 10.3. The van der Waals surface area contributed by atoms with E-state index < -0.39 is 10.0 Å². The minimum Gasteiger partial charge on any atom is -0.490 e. The molecule has 2 aromatic rings. The van der Waals surface area contributed by atoms with Gasteiger partial charge in [0.15, 0.2) is 11.5 Å². The molecule has 0 unspecified atom stereocenters. The van der Waals surface area contributed by atoms with Crippen LogP contribution in [0.15, 0.2) is 29.2 Å². The van der Waals surface area contributed by atoms with Gasteiger partial charge in [0.1, 0.15) is 5.82 Å². The number of nitrogens with zero attached hydrogens (tertiary/aromatic N) is 3. The quantitative estimate of drug-likeness (QED) is 0.638. The van der Waals surface area contributed by atoms with Crippen LogP contribution in [0.1, 0.15) is 25.0 Å². The molecule has 2 N–H and O–H groups in total. The van der Waals surface area contributed by atoms with Crippen molar-refractivity contribution < 1.29 is 17.9 Å². The van der Waals surface area contributed by atoms with Gasteiger partial charge in [0.05, 0.1) is 18.1 Å². The van der Waals surface area contributed by atoms with Crippen molar-refractivity contribution in [2.45, 2.75) is 31.1 Å². The summed E-state index contributed by atoms with van der Waals surface area (Å²) in [6, 6.07) is 6.63. The predicted octanol–water partition coefficient (Wildman–Crippen LogP) is 1.94. The molecule has 1 fully saturated rings. The van der Waals surface area contributed by atoms with E-state index in [0.717, 1.165) is 31.0 Å². The smallest absolute Gasteiger partial charge is 0.240 e. The lowest BCUT2D eigenvalue weighted by Crippen LogP contribution is -2.29. The fourth-order valence-corrected chi connectivity index (χ4v) is 4.54. The van der Waals surface area contributed by atoms with E-state index in [4.69, 9.17) is 9.47 Å². The summed E-state index contributed by atoms with van der Waals surface area (Å²) in [7, 11) is -3.66. The van der Waals surface area contributed by atoms with Crippen molar-refractivity contribution in [1.29, 1.82) is 0 Å². The molecule has 0 saturated carbocycles. The largest absolute Gasteiger partial charge is 0.490 e. The van der Waals surface area contributed by atoms with E-state index in [2.05, 4.69) is 24.9 Å². The van der Waals surface area contributed by atoms with Crippen LogP contribution >= 0.6 is 0 Å². The van der Waals surface area contributed by atoms with Crippen LogP contribution in [-0.2, 0) is 10.0 Å². The van der Waals surface area contributed by atoms with Crippen molar-refractivity contribution in [2.75, 3.05) is 49.6 Å². The van der Waals surface area contributed by atoms with Gasteiger partial charge >= 0.3 is 0 Å². The molecule has 0 spiro atoms. The molecule has 0 bridgehead atoms. The van der Waals surface area contributed by atoms with Gasteiger partial charge in [-0.3, -0.25) is 0 Å². The Bertz CT molecular complexity index is 993. The molecular weight excluding hydrogens is 406 g/mol. The van der Waals surface area contributed by atoms with Crippen LogP contribution in [0.3, 0.4) is 0 Å². The van der Waals surface area contributed by atoms with Crippen molar-refractivity contribution >= 4 is 21.8 Å². The molecule has 2 aliphatic heterocycles. The van der Waals surface area contributed by atoms with Gasteiger partial charge in [0.25, 0.3) is 0 Å². The molecule has 0 radical (unpaired) electrons. The van der Waals surface area contributed by atoms with Crippen LogP contribution in [0.2, 0.25) is 0 Å². The van der Waals surface area contributed by atoms with E-state index in [1.165, 1.54) is 25.0 Å². The number of nitrogens with one attached hydrogen (secondary N) is 2. The van der Waals surface area contributed by atoms with E-state index in [1.807, 2.05) is 13.0 Å². The molecule has 0 amide bonds. The summed E-state index contributed by atoms with van der Waals surface area (Å²) in [5, 5.41) is 3.11. The van der Waals surface area contributed by atoms with Gasteiger partial charge < -0.3 is 19.7 Å². The number of ether oxygens (including phenoxy) is 2. The highest BCUT2D eigenvalue weighted by atomic mass is 32.2. The molecular formula is C20H27N5O4S. The van der Waals surface area contributed by atoms with Gasteiger partial charge in [-0.25, -0.2) is 18.1 Å². The SMILES string of the molecule is Cc1cc(N2CCCC2)nc(NCCNS(=O)(=O)c2ccc3c(c2)OCCCO3)n1. The summed E-state index contributed by atoms with van der Waals surface area (Å²) in [6.07, 6.45) is 3.11. The van der Waals surface area contributed by atoms with Gasteiger partial charge in [-0.1, -0.05) is 0 Å². The van der Waals surface area contributed by atoms with E-state index >= 15 is 0 Å². The second-order valence-electron chi connectivity index (χ2n) is 7.37. The first-order valence-corrected chi connectivity index (χ1v) is 11.7. The molecule has 1 saturated heterocycles. The van der Waals surface area contributed by atoms with Gasteiger partial charge in [-0.05, 0) is 31.9 Å². The van der Waals surface area contributed by atoms with E-state index in [1.54, 1.807) is 6.07 Å². The second-order valence-corrected chi connectivity index (χ2v) is 9.14. The normalized spacial score (nSPS) is 16.4. The Morgan fingerprint density at radius 2 is 1.77 bits per heavy atom. The Kier molecular flexibility index (Phi) is 6.24. The monoisotopic (exact) mass is 433 g/mol. The number of hydrogen-bond acceptors (Lipinski definition) is 8. The number of aromatic nitrogens is 2. The molecule has 10 heteroatoms. The van der Waals surface area contributed by atoms with Gasteiger partial charge in [0, 0.05) is 50.4 Å². The summed E-state index contributed by atoms with van der Waals surface area (Å²) < 4.78 is 39.0. The lowest BCUT2D eigenvalue weighted by Gasteiger charge is -2.17. The summed E-state index contributed by atoms with van der Waals surface area (Å²) in [5.41, 5.74) is 0.877. The van der Waals surface area contributed by atoms with Gasteiger partial charge in [0.2, 0.25) is 16.0 Å². The van der Waals surface area contributed by atoms with Crippen LogP contribution in [0.4, 0.5) is 11.8 Å². The van der Waals surface area contributed by atoms with Crippen molar-refractivity contribution in [3.63, 3.8) is 0 Å². The lowest BCUT2D eigenvalue weighted by molar-refractivity contribution is 0.297. The number of aryl methyl sites for hydroxylation is 1. The number of benzene rings is 1. The number of sulfonamides is 1. The van der Waals surface area contributed by atoms with Crippen molar-refractivity contribution in [3.8, 4) is 11.5 Å². The fraction of sp³-hybridized carbons (Fsp3) is 0.500. The number of rotatable bonds is 7. The van der Waals surface area contributed by atoms with Crippen LogP contribution in [0.25, 0.3) is 0 Å². The third kappa shape index (κ3) is 4.93. The van der Waals surface area contributed by atoms with Crippen molar-refractivity contribution in [1.82, 2.24) is 14.7 Å². The molecule has 2 aliphatic rings. The third-order valence-corrected chi connectivity index (χ3v) is 6.46. The van der Waals surface area contributed by atoms with Crippen LogP contribution in [0, 0.1) is 6.92 Å². The first-order chi connectivity index (χ1) is 14.5. The second kappa shape index (κ2) is 9.05. The van der Waals surface area contributed by atoms with Gasteiger partial charge in [-0.2, -0.15) is 4.98 Å².